The molecule has 2 aliphatic heterocycles. The van der Waals surface area contributed by atoms with Gasteiger partial charge < -0.3 is 19.9 Å². The molecule has 0 aliphatic carbocycles. The number of nitrogen functional groups attached to an aromatic ring is 1. The highest BCUT2D eigenvalue weighted by molar-refractivity contribution is 5.85. The summed E-state index contributed by atoms with van der Waals surface area (Å²) >= 11 is 0. The summed E-state index contributed by atoms with van der Waals surface area (Å²) in [7, 11) is 0. The van der Waals surface area contributed by atoms with Crippen LogP contribution in [0.15, 0.2) is 30.5 Å². The van der Waals surface area contributed by atoms with Gasteiger partial charge in [-0.3, -0.25) is 4.90 Å². The van der Waals surface area contributed by atoms with Gasteiger partial charge in [0, 0.05) is 13.2 Å². The van der Waals surface area contributed by atoms with Crippen LogP contribution in [0.3, 0.4) is 0 Å². The number of hydrogen-bond acceptors (Lipinski definition) is 8. The van der Waals surface area contributed by atoms with Crippen molar-refractivity contribution < 1.29 is 14.2 Å². The number of fused-ring (bicyclic) bond motifs is 1. The second-order valence-electron chi connectivity index (χ2n) is 9.89. The van der Waals surface area contributed by atoms with Crippen molar-refractivity contribution in [3.8, 4) is 6.01 Å². The summed E-state index contributed by atoms with van der Waals surface area (Å²) in [5.41, 5.74) is 9.44. The van der Waals surface area contributed by atoms with E-state index >= 15 is 0 Å². The third-order valence-electron chi connectivity index (χ3n) is 6.95. The van der Waals surface area contributed by atoms with E-state index in [0.29, 0.717) is 24.6 Å². The van der Waals surface area contributed by atoms with E-state index in [4.69, 9.17) is 19.9 Å². The van der Waals surface area contributed by atoms with E-state index in [1.807, 2.05) is 4.68 Å². The molecule has 2 atom stereocenters. The van der Waals surface area contributed by atoms with E-state index < -0.39 is 0 Å². The van der Waals surface area contributed by atoms with Gasteiger partial charge in [0.2, 0.25) is 0 Å². The van der Waals surface area contributed by atoms with Gasteiger partial charge in [-0.1, -0.05) is 37.6 Å². The quantitative estimate of drug-likeness (QED) is 0.424. The molecule has 0 saturated carbocycles. The van der Waals surface area contributed by atoms with E-state index in [1.165, 1.54) is 31.5 Å². The van der Waals surface area contributed by atoms with Crippen molar-refractivity contribution in [3.05, 3.63) is 41.6 Å². The normalized spacial score (nSPS) is 19.6. The molecule has 4 heterocycles. The van der Waals surface area contributed by atoms with Crippen molar-refractivity contribution in [2.24, 2.45) is 0 Å². The molecular weight excluding hydrogens is 456 g/mol. The molecule has 0 bridgehead atoms. The van der Waals surface area contributed by atoms with Crippen LogP contribution in [0, 0.1) is 0 Å². The molecule has 36 heavy (non-hydrogen) atoms. The first-order valence-corrected chi connectivity index (χ1v) is 13.4. The Bertz CT molecular complexity index is 1110. The monoisotopic (exact) mass is 494 g/mol. The number of nitrogens with zero attached hydrogens (tertiary/aromatic N) is 5. The highest BCUT2D eigenvalue weighted by atomic mass is 16.7. The Labute approximate surface area is 212 Å². The van der Waals surface area contributed by atoms with Gasteiger partial charge in [0.25, 0.3) is 0 Å². The molecule has 2 fully saturated rings. The van der Waals surface area contributed by atoms with Crippen LogP contribution in [-0.2, 0) is 22.6 Å². The number of nitrogens with two attached hydrogens (primary N) is 1. The second-order valence-corrected chi connectivity index (χ2v) is 9.89. The van der Waals surface area contributed by atoms with Crippen molar-refractivity contribution in [1.29, 1.82) is 0 Å². The predicted octanol–water partition coefficient (Wildman–Crippen LogP) is 4.14. The minimum Gasteiger partial charge on any atom is -0.458 e. The molecule has 2 saturated heterocycles. The first-order chi connectivity index (χ1) is 17.7. The molecular formula is C27H38N6O3. The molecule has 9 nitrogen and oxygen atoms in total. The van der Waals surface area contributed by atoms with Crippen LogP contribution in [0.1, 0.15) is 63.0 Å². The average Bonchev–Trinajstić information content (AvgIpc) is 3.55. The lowest BCUT2D eigenvalue weighted by Gasteiger charge is -2.25. The molecule has 194 valence electrons. The average molecular weight is 495 g/mol. The standard InChI is InChI=1S/C27H38N6O3/c1-2-7-22(19-35-24-8-3-6-15-34-24)36-27-30-25(28)23-16-29-33(26(23)31-27)18-21-11-9-20(10-12-21)17-32-13-4-5-14-32/h9-12,16,22,24H,2-8,13-15,17-19H2,1H3,(H2,28,30,31). The predicted molar refractivity (Wildman–Crippen MR) is 139 cm³/mol. The Morgan fingerprint density at radius 3 is 2.56 bits per heavy atom. The SMILES string of the molecule is CCCC(COC1CCCCO1)Oc1nc(N)c2cnn(Cc3ccc(CN4CCCC4)cc3)c2n1. The van der Waals surface area contributed by atoms with Gasteiger partial charge in [-0.25, -0.2) is 4.68 Å². The fourth-order valence-corrected chi connectivity index (χ4v) is 4.95. The maximum atomic E-state index is 6.26. The number of ether oxygens (including phenoxy) is 3. The number of likely N-dealkylation sites (tertiary alicyclic amines) is 1. The second kappa shape index (κ2) is 12.0. The maximum absolute atomic E-state index is 6.26. The van der Waals surface area contributed by atoms with E-state index in [9.17, 15) is 0 Å². The maximum Gasteiger partial charge on any atom is 0.320 e. The molecule has 0 amide bonds. The van der Waals surface area contributed by atoms with Crippen LogP contribution >= 0.6 is 0 Å². The third-order valence-corrected chi connectivity index (χ3v) is 6.95. The Hall–Kier alpha value is -2.75. The van der Waals surface area contributed by atoms with Gasteiger partial charge in [-0.15, -0.1) is 0 Å². The summed E-state index contributed by atoms with van der Waals surface area (Å²) in [5.74, 6) is 0.369. The smallest absolute Gasteiger partial charge is 0.320 e. The Morgan fingerprint density at radius 1 is 1.06 bits per heavy atom. The van der Waals surface area contributed by atoms with Gasteiger partial charge in [-0.05, 0) is 62.7 Å². The molecule has 2 N–H and O–H groups in total. The largest absolute Gasteiger partial charge is 0.458 e. The van der Waals surface area contributed by atoms with Crippen LogP contribution in [0.5, 0.6) is 6.01 Å². The van der Waals surface area contributed by atoms with Crippen LogP contribution in [-0.4, -0.2) is 63.3 Å². The molecule has 3 aromatic rings. The Morgan fingerprint density at radius 2 is 1.83 bits per heavy atom. The van der Waals surface area contributed by atoms with E-state index in [-0.39, 0.29) is 18.4 Å². The van der Waals surface area contributed by atoms with E-state index in [1.54, 1.807) is 6.20 Å². The van der Waals surface area contributed by atoms with Crippen molar-refractivity contribution >= 4 is 16.9 Å². The van der Waals surface area contributed by atoms with E-state index in [0.717, 1.165) is 56.2 Å². The molecule has 0 spiro atoms. The number of aromatic nitrogens is 4. The lowest BCUT2D eigenvalue weighted by Crippen LogP contribution is -2.30. The van der Waals surface area contributed by atoms with Gasteiger partial charge >= 0.3 is 6.01 Å². The lowest BCUT2D eigenvalue weighted by molar-refractivity contribution is -0.173. The first-order valence-electron chi connectivity index (χ1n) is 13.4. The first kappa shape index (κ1) is 24.9. The molecule has 2 aliphatic rings. The minimum absolute atomic E-state index is 0.154. The van der Waals surface area contributed by atoms with Crippen molar-refractivity contribution in [1.82, 2.24) is 24.6 Å². The Balaban J connectivity index is 1.26. The van der Waals surface area contributed by atoms with Crippen molar-refractivity contribution in [3.63, 3.8) is 0 Å². The van der Waals surface area contributed by atoms with Crippen molar-refractivity contribution in [2.45, 2.75) is 77.4 Å². The van der Waals surface area contributed by atoms with Gasteiger partial charge in [0.15, 0.2) is 11.9 Å². The number of hydrogen-bond donors (Lipinski definition) is 1. The zero-order chi connectivity index (χ0) is 24.7. The van der Waals surface area contributed by atoms with Crippen molar-refractivity contribution in [2.75, 3.05) is 32.0 Å². The van der Waals surface area contributed by atoms with E-state index in [2.05, 4.69) is 51.2 Å². The summed E-state index contributed by atoms with van der Waals surface area (Å²) in [6.45, 7) is 7.33. The number of benzene rings is 1. The Kier molecular flexibility index (Phi) is 8.30. The number of anilines is 1. The summed E-state index contributed by atoms with van der Waals surface area (Å²) in [5, 5.41) is 5.27. The topological polar surface area (TPSA) is 101 Å². The van der Waals surface area contributed by atoms with Gasteiger partial charge in [0.05, 0.1) is 24.7 Å². The van der Waals surface area contributed by atoms with Crippen LogP contribution in [0.25, 0.3) is 11.0 Å². The molecule has 5 rings (SSSR count). The highest BCUT2D eigenvalue weighted by Gasteiger charge is 2.20. The molecule has 9 heteroatoms. The van der Waals surface area contributed by atoms with Crippen LogP contribution < -0.4 is 10.5 Å². The van der Waals surface area contributed by atoms with Crippen LogP contribution in [0.2, 0.25) is 0 Å². The summed E-state index contributed by atoms with van der Waals surface area (Å²) in [4.78, 5) is 11.6. The lowest BCUT2D eigenvalue weighted by atomic mass is 10.1. The summed E-state index contributed by atoms with van der Waals surface area (Å²) in [6.07, 6.45) is 8.96. The fraction of sp³-hybridized carbons (Fsp3) is 0.593. The summed E-state index contributed by atoms with van der Waals surface area (Å²) in [6, 6.07) is 9.02. The molecule has 2 unspecified atom stereocenters. The molecule has 1 aromatic carbocycles. The zero-order valence-electron chi connectivity index (χ0n) is 21.3. The number of rotatable bonds is 11. The minimum atomic E-state index is -0.170. The zero-order valence-corrected chi connectivity index (χ0v) is 21.3. The molecule has 2 aromatic heterocycles. The fourth-order valence-electron chi connectivity index (χ4n) is 4.95. The third kappa shape index (κ3) is 6.32. The van der Waals surface area contributed by atoms with Gasteiger partial charge in [0.1, 0.15) is 11.9 Å². The van der Waals surface area contributed by atoms with Crippen LogP contribution in [0.4, 0.5) is 5.82 Å². The summed E-state index contributed by atoms with van der Waals surface area (Å²) < 4.78 is 19.7. The molecule has 0 radical (unpaired) electrons. The van der Waals surface area contributed by atoms with Gasteiger partial charge in [-0.2, -0.15) is 15.1 Å². The highest BCUT2D eigenvalue weighted by Crippen LogP contribution is 2.23.